The zero-order valence-electron chi connectivity index (χ0n) is 10.4. The molecule has 0 aliphatic carbocycles. The molecule has 3 N–H and O–H groups in total. The molecule has 0 fully saturated rings. The molecule has 1 amide bonds. The van der Waals surface area contributed by atoms with Crippen LogP contribution in [0.2, 0.25) is 0 Å². The van der Waals surface area contributed by atoms with Crippen LogP contribution >= 0.6 is 0 Å². The molecule has 1 aromatic rings. The summed E-state index contributed by atoms with van der Waals surface area (Å²) in [6, 6.07) is 7.31. The fourth-order valence-corrected chi connectivity index (χ4v) is 1.57. The van der Waals surface area contributed by atoms with Crippen molar-refractivity contribution < 1.29 is 9.53 Å². The standard InChI is InChI=1S/C13H20N2O2/c1-3-10(9-14)7-13(16)15-11-5-4-6-12(8-11)17-2/h4-6,8,10H,3,7,9,14H2,1-2H3,(H,15,16). The van der Waals surface area contributed by atoms with Crippen LogP contribution < -0.4 is 15.8 Å². The minimum absolute atomic E-state index is 0.00412. The Balaban J connectivity index is 2.55. The first-order chi connectivity index (χ1) is 8.19. The van der Waals surface area contributed by atoms with Gasteiger partial charge in [-0.3, -0.25) is 4.79 Å². The number of ether oxygens (including phenoxy) is 1. The van der Waals surface area contributed by atoms with E-state index in [-0.39, 0.29) is 11.8 Å². The second-order valence-electron chi connectivity index (χ2n) is 3.99. The Bertz CT molecular complexity index is 362. The quantitative estimate of drug-likeness (QED) is 0.794. The maximum absolute atomic E-state index is 11.7. The molecule has 0 saturated heterocycles. The number of rotatable bonds is 6. The summed E-state index contributed by atoms with van der Waals surface area (Å²) in [6.07, 6.45) is 1.38. The monoisotopic (exact) mass is 236 g/mol. The van der Waals surface area contributed by atoms with Gasteiger partial charge in [-0.15, -0.1) is 0 Å². The van der Waals surface area contributed by atoms with Crippen LogP contribution in [0.1, 0.15) is 19.8 Å². The molecule has 1 unspecified atom stereocenters. The van der Waals surface area contributed by atoms with Crippen molar-refractivity contribution in [3.63, 3.8) is 0 Å². The summed E-state index contributed by atoms with van der Waals surface area (Å²) in [7, 11) is 1.60. The van der Waals surface area contributed by atoms with Crippen LogP contribution in [0.3, 0.4) is 0 Å². The van der Waals surface area contributed by atoms with Gasteiger partial charge in [0.15, 0.2) is 0 Å². The molecule has 94 valence electrons. The molecule has 0 aliphatic rings. The van der Waals surface area contributed by atoms with Gasteiger partial charge in [-0.1, -0.05) is 19.4 Å². The minimum Gasteiger partial charge on any atom is -0.497 e. The van der Waals surface area contributed by atoms with Crippen molar-refractivity contribution in [3.8, 4) is 5.75 Å². The lowest BCUT2D eigenvalue weighted by Crippen LogP contribution is -2.21. The van der Waals surface area contributed by atoms with Crippen molar-refractivity contribution in [3.05, 3.63) is 24.3 Å². The summed E-state index contributed by atoms with van der Waals surface area (Å²) in [5, 5.41) is 2.84. The van der Waals surface area contributed by atoms with E-state index in [1.165, 1.54) is 0 Å². The van der Waals surface area contributed by atoms with E-state index in [1.807, 2.05) is 25.1 Å². The fraction of sp³-hybridized carbons (Fsp3) is 0.462. The number of methoxy groups -OCH3 is 1. The summed E-state index contributed by atoms with van der Waals surface area (Å²) < 4.78 is 5.09. The number of amides is 1. The maximum atomic E-state index is 11.7. The third-order valence-corrected chi connectivity index (χ3v) is 2.74. The molecule has 1 aromatic carbocycles. The van der Waals surface area contributed by atoms with Crippen molar-refractivity contribution >= 4 is 11.6 Å². The van der Waals surface area contributed by atoms with Gasteiger partial charge in [0.1, 0.15) is 5.75 Å². The average molecular weight is 236 g/mol. The van der Waals surface area contributed by atoms with Crippen molar-refractivity contribution in [2.45, 2.75) is 19.8 Å². The van der Waals surface area contributed by atoms with Crippen molar-refractivity contribution in [1.29, 1.82) is 0 Å². The Kier molecular flexibility index (Phi) is 5.49. The highest BCUT2D eigenvalue weighted by Gasteiger charge is 2.10. The van der Waals surface area contributed by atoms with E-state index in [1.54, 1.807) is 13.2 Å². The zero-order chi connectivity index (χ0) is 12.7. The molecule has 1 rings (SSSR count). The third kappa shape index (κ3) is 4.44. The lowest BCUT2D eigenvalue weighted by molar-refractivity contribution is -0.117. The predicted molar refractivity (Wildman–Crippen MR) is 69.1 cm³/mol. The highest BCUT2D eigenvalue weighted by atomic mass is 16.5. The lowest BCUT2D eigenvalue weighted by atomic mass is 10.0. The maximum Gasteiger partial charge on any atom is 0.224 e. The van der Waals surface area contributed by atoms with Gasteiger partial charge in [0.05, 0.1) is 7.11 Å². The number of hydrogen-bond donors (Lipinski definition) is 2. The Morgan fingerprint density at radius 1 is 1.53 bits per heavy atom. The largest absolute Gasteiger partial charge is 0.497 e. The van der Waals surface area contributed by atoms with Gasteiger partial charge >= 0.3 is 0 Å². The summed E-state index contributed by atoms with van der Waals surface area (Å²) >= 11 is 0. The Morgan fingerprint density at radius 3 is 2.88 bits per heavy atom. The van der Waals surface area contributed by atoms with E-state index >= 15 is 0 Å². The molecule has 0 spiro atoms. The first kappa shape index (κ1) is 13.5. The topological polar surface area (TPSA) is 64.4 Å². The second kappa shape index (κ2) is 6.91. The van der Waals surface area contributed by atoms with E-state index in [9.17, 15) is 4.79 Å². The number of carbonyl (C=O) groups excluding carboxylic acids is 1. The number of nitrogens with one attached hydrogen (secondary N) is 1. The molecule has 0 saturated carbocycles. The van der Waals surface area contributed by atoms with E-state index in [4.69, 9.17) is 10.5 Å². The van der Waals surface area contributed by atoms with Crippen molar-refractivity contribution in [2.24, 2.45) is 11.7 Å². The summed E-state index contributed by atoms with van der Waals surface area (Å²) in [4.78, 5) is 11.7. The van der Waals surface area contributed by atoms with Crippen LogP contribution in [0.15, 0.2) is 24.3 Å². The molecule has 17 heavy (non-hydrogen) atoms. The summed E-state index contributed by atoms with van der Waals surface area (Å²) in [6.45, 7) is 2.58. The number of anilines is 1. The SMILES string of the molecule is CCC(CN)CC(=O)Nc1cccc(OC)c1. The minimum atomic E-state index is -0.00412. The third-order valence-electron chi connectivity index (χ3n) is 2.74. The van der Waals surface area contributed by atoms with Crippen LogP contribution in [0.5, 0.6) is 5.75 Å². The molecule has 4 heteroatoms. The highest BCUT2D eigenvalue weighted by Crippen LogP contribution is 2.17. The Labute approximate surface area is 102 Å². The van der Waals surface area contributed by atoms with Crippen LogP contribution in [0.25, 0.3) is 0 Å². The predicted octanol–water partition coefficient (Wildman–Crippen LogP) is 2.01. The van der Waals surface area contributed by atoms with Gasteiger partial charge in [-0.2, -0.15) is 0 Å². The first-order valence-electron chi connectivity index (χ1n) is 5.83. The lowest BCUT2D eigenvalue weighted by Gasteiger charge is -2.12. The number of nitrogens with two attached hydrogens (primary N) is 1. The number of hydrogen-bond acceptors (Lipinski definition) is 3. The Morgan fingerprint density at radius 2 is 2.29 bits per heavy atom. The summed E-state index contributed by atoms with van der Waals surface area (Å²) in [5.74, 6) is 0.977. The van der Waals surface area contributed by atoms with Crippen molar-refractivity contribution in [1.82, 2.24) is 0 Å². The summed E-state index contributed by atoms with van der Waals surface area (Å²) in [5.41, 5.74) is 6.32. The second-order valence-corrected chi connectivity index (χ2v) is 3.99. The van der Waals surface area contributed by atoms with Gasteiger partial charge < -0.3 is 15.8 Å². The van der Waals surface area contributed by atoms with E-state index in [0.717, 1.165) is 17.9 Å². The zero-order valence-corrected chi connectivity index (χ0v) is 10.4. The fourth-order valence-electron chi connectivity index (χ4n) is 1.57. The molecule has 0 bridgehead atoms. The van der Waals surface area contributed by atoms with Crippen LogP contribution in [0, 0.1) is 5.92 Å². The highest BCUT2D eigenvalue weighted by molar-refractivity contribution is 5.91. The van der Waals surface area contributed by atoms with Crippen LogP contribution in [-0.2, 0) is 4.79 Å². The average Bonchev–Trinajstić information content (AvgIpc) is 2.36. The number of benzene rings is 1. The van der Waals surface area contributed by atoms with Crippen molar-refractivity contribution in [2.75, 3.05) is 19.0 Å². The molecule has 0 aliphatic heterocycles. The van der Waals surface area contributed by atoms with Gasteiger partial charge in [0, 0.05) is 18.2 Å². The molecule has 4 nitrogen and oxygen atoms in total. The number of carbonyl (C=O) groups is 1. The first-order valence-corrected chi connectivity index (χ1v) is 5.83. The molecule has 1 atom stereocenters. The molecular formula is C13H20N2O2. The van der Waals surface area contributed by atoms with E-state index in [2.05, 4.69) is 5.32 Å². The van der Waals surface area contributed by atoms with Gasteiger partial charge in [0.2, 0.25) is 5.91 Å². The van der Waals surface area contributed by atoms with Crippen LogP contribution in [0.4, 0.5) is 5.69 Å². The normalized spacial score (nSPS) is 11.9. The van der Waals surface area contributed by atoms with E-state index in [0.29, 0.717) is 13.0 Å². The van der Waals surface area contributed by atoms with Crippen LogP contribution in [-0.4, -0.2) is 19.6 Å². The molecular weight excluding hydrogens is 216 g/mol. The molecule has 0 radical (unpaired) electrons. The van der Waals surface area contributed by atoms with E-state index < -0.39 is 0 Å². The smallest absolute Gasteiger partial charge is 0.224 e. The van der Waals surface area contributed by atoms with Gasteiger partial charge in [-0.25, -0.2) is 0 Å². The van der Waals surface area contributed by atoms with Gasteiger partial charge in [0.25, 0.3) is 0 Å². The van der Waals surface area contributed by atoms with Gasteiger partial charge in [-0.05, 0) is 24.6 Å². The molecule has 0 heterocycles. The molecule has 0 aromatic heterocycles. The Hall–Kier alpha value is -1.55.